The molecule has 0 fully saturated rings. The molecule has 0 saturated heterocycles. The van der Waals surface area contributed by atoms with Crippen molar-refractivity contribution in [2.45, 2.75) is 0 Å². The molecule has 14 nitrogen and oxygen atoms in total. The van der Waals surface area contributed by atoms with Crippen LogP contribution in [0.2, 0.25) is 0 Å². The van der Waals surface area contributed by atoms with Gasteiger partial charge in [-0.15, -0.1) is 20.4 Å². The van der Waals surface area contributed by atoms with Crippen molar-refractivity contribution < 1.29 is 19.1 Å². The number of hydrogen-bond donors (Lipinski definition) is 6. The van der Waals surface area contributed by atoms with Crippen LogP contribution in [0.5, 0.6) is 0 Å². The molecule has 2 heterocycles. The number of H-pyrrole nitrogens is 2. The summed E-state index contributed by atoms with van der Waals surface area (Å²) in [5.41, 5.74) is 0. The van der Waals surface area contributed by atoms with Crippen LogP contribution in [0.1, 0.15) is 0 Å². The van der Waals surface area contributed by atoms with Gasteiger partial charge in [0.2, 0.25) is 11.9 Å². The van der Waals surface area contributed by atoms with Crippen LogP contribution in [-0.2, 0) is 9.47 Å². The van der Waals surface area contributed by atoms with E-state index in [2.05, 4.69) is 51.6 Å². The molecule has 0 saturated carbocycles. The van der Waals surface area contributed by atoms with Crippen LogP contribution >= 0.6 is 0 Å². The Morgan fingerprint density at radius 2 is 1.27 bits per heavy atom. The summed E-state index contributed by atoms with van der Waals surface area (Å²) in [7, 11) is 0. The SMILES string of the molecule is O=C(NCCOCCOCCNC(=O)Nc1nnc[nH]1)Nc1nnc[nH]1. The fourth-order valence-electron chi connectivity index (χ4n) is 1.63. The zero-order chi connectivity index (χ0) is 18.5. The highest BCUT2D eigenvalue weighted by Crippen LogP contribution is 1.91. The highest BCUT2D eigenvalue weighted by atomic mass is 16.5. The van der Waals surface area contributed by atoms with E-state index < -0.39 is 12.1 Å². The van der Waals surface area contributed by atoms with Gasteiger partial charge in [-0.25, -0.2) is 9.59 Å². The second-order valence-corrected chi connectivity index (χ2v) is 4.66. The van der Waals surface area contributed by atoms with Crippen molar-refractivity contribution in [2.24, 2.45) is 0 Å². The number of amides is 4. The minimum absolute atomic E-state index is 0.264. The molecule has 6 N–H and O–H groups in total. The van der Waals surface area contributed by atoms with E-state index >= 15 is 0 Å². The number of rotatable bonds is 11. The molecular formula is C12H20N10O4. The highest BCUT2D eigenvalue weighted by Gasteiger charge is 2.03. The fourth-order valence-corrected chi connectivity index (χ4v) is 1.63. The maximum atomic E-state index is 11.4. The summed E-state index contributed by atoms with van der Waals surface area (Å²) in [4.78, 5) is 28.1. The number of aromatic amines is 2. The van der Waals surface area contributed by atoms with Gasteiger partial charge < -0.3 is 30.1 Å². The van der Waals surface area contributed by atoms with E-state index in [4.69, 9.17) is 9.47 Å². The summed E-state index contributed by atoms with van der Waals surface area (Å²) in [6.45, 7) is 2.09. The molecule has 0 unspecified atom stereocenters. The van der Waals surface area contributed by atoms with Gasteiger partial charge in [0, 0.05) is 13.1 Å². The minimum atomic E-state index is -0.406. The number of hydrogen-bond acceptors (Lipinski definition) is 8. The quantitative estimate of drug-likeness (QED) is 0.270. The van der Waals surface area contributed by atoms with Gasteiger partial charge in [0.25, 0.3) is 0 Å². The molecule has 4 amide bonds. The molecule has 0 spiro atoms. The molecule has 0 aliphatic rings. The van der Waals surface area contributed by atoms with Crippen molar-refractivity contribution in [1.29, 1.82) is 0 Å². The van der Waals surface area contributed by atoms with E-state index in [9.17, 15) is 9.59 Å². The standard InChI is InChI=1S/C12H20N10O4/c23-11(19-9-15-7-17-21-9)13-1-3-25-5-6-26-4-2-14-12(24)20-10-16-8-18-22-10/h7-8H,1-6H2,(H3,13,15,17,19,21,23)(H3,14,16,18,20,22,24). The zero-order valence-corrected chi connectivity index (χ0v) is 13.8. The van der Waals surface area contributed by atoms with Crippen molar-refractivity contribution in [1.82, 2.24) is 41.0 Å². The third-order valence-electron chi connectivity index (χ3n) is 2.73. The molecule has 0 bridgehead atoms. The Morgan fingerprint density at radius 3 is 1.65 bits per heavy atom. The lowest BCUT2D eigenvalue weighted by Gasteiger charge is -2.08. The molecule has 2 rings (SSSR count). The van der Waals surface area contributed by atoms with Gasteiger partial charge in [0.05, 0.1) is 26.4 Å². The Balaban J connectivity index is 1.34. The first-order valence-electron chi connectivity index (χ1n) is 7.71. The number of anilines is 2. The van der Waals surface area contributed by atoms with Gasteiger partial charge in [-0.1, -0.05) is 0 Å². The third-order valence-corrected chi connectivity index (χ3v) is 2.73. The summed E-state index contributed by atoms with van der Waals surface area (Å²) in [5, 5.41) is 24.4. The minimum Gasteiger partial charge on any atom is -0.377 e. The molecular weight excluding hydrogens is 348 g/mol. The van der Waals surface area contributed by atoms with Gasteiger partial charge in [-0.2, -0.15) is 0 Å². The van der Waals surface area contributed by atoms with E-state index in [1.165, 1.54) is 12.7 Å². The van der Waals surface area contributed by atoms with E-state index in [0.29, 0.717) is 39.5 Å². The molecule has 0 aliphatic carbocycles. The third kappa shape index (κ3) is 8.02. The number of urea groups is 2. The van der Waals surface area contributed by atoms with Crippen molar-refractivity contribution >= 4 is 24.0 Å². The van der Waals surface area contributed by atoms with Crippen molar-refractivity contribution in [3.63, 3.8) is 0 Å². The Kier molecular flexibility index (Phi) is 8.30. The zero-order valence-electron chi connectivity index (χ0n) is 13.8. The highest BCUT2D eigenvalue weighted by molar-refractivity contribution is 5.87. The average Bonchev–Trinajstić information content (AvgIpc) is 3.30. The number of nitrogens with one attached hydrogen (secondary N) is 6. The molecule has 2 aromatic heterocycles. The van der Waals surface area contributed by atoms with Crippen molar-refractivity contribution in [2.75, 3.05) is 50.2 Å². The van der Waals surface area contributed by atoms with Crippen LogP contribution in [0.4, 0.5) is 21.5 Å². The Bertz CT molecular complexity index is 576. The number of nitrogens with zero attached hydrogens (tertiary/aromatic N) is 4. The summed E-state index contributed by atoms with van der Waals surface area (Å²) in [6, 6.07) is -0.812. The van der Waals surface area contributed by atoms with E-state index in [0.717, 1.165) is 0 Å². The van der Waals surface area contributed by atoms with Gasteiger partial charge in [0.1, 0.15) is 12.7 Å². The molecule has 0 atom stereocenters. The first kappa shape index (κ1) is 19.1. The monoisotopic (exact) mass is 368 g/mol. The van der Waals surface area contributed by atoms with Crippen molar-refractivity contribution in [3.05, 3.63) is 12.7 Å². The normalized spacial score (nSPS) is 10.3. The molecule has 26 heavy (non-hydrogen) atoms. The Hall–Kier alpha value is -3.26. The summed E-state index contributed by atoms with van der Waals surface area (Å²) >= 11 is 0. The first-order chi connectivity index (χ1) is 12.7. The van der Waals surface area contributed by atoms with Crippen LogP contribution in [0, 0.1) is 0 Å². The predicted molar refractivity (Wildman–Crippen MR) is 88.4 cm³/mol. The van der Waals surface area contributed by atoms with Crippen LogP contribution in [0.15, 0.2) is 12.7 Å². The van der Waals surface area contributed by atoms with E-state index in [-0.39, 0.29) is 11.9 Å². The molecule has 2 aromatic rings. The topological polar surface area (TPSA) is 184 Å². The van der Waals surface area contributed by atoms with Gasteiger partial charge >= 0.3 is 12.1 Å². The largest absolute Gasteiger partial charge is 0.377 e. The van der Waals surface area contributed by atoms with Gasteiger partial charge in [-0.05, 0) is 0 Å². The summed E-state index contributed by atoms with van der Waals surface area (Å²) < 4.78 is 10.6. The number of ether oxygens (including phenoxy) is 2. The summed E-state index contributed by atoms with van der Waals surface area (Å²) in [6.07, 6.45) is 2.72. The molecule has 0 radical (unpaired) electrons. The second-order valence-electron chi connectivity index (χ2n) is 4.66. The first-order valence-corrected chi connectivity index (χ1v) is 7.71. The molecule has 14 heteroatoms. The lowest BCUT2D eigenvalue weighted by Crippen LogP contribution is -2.32. The van der Waals surface area contributed by atoms with Gasteiger partial charge in [-0.3, -0.25) is 10.6 Å². The molecule has 0 aromatic carbocycles. The number of carbonyl (C=O) groups is 2. The predicted octanol–water partition coefficient (Wildman–Crippen LogP) is -1.10. The van der Waals surface area contributed by atoms with E-state index in [1.54, 1.807) is 0 Å². The lowest BCUT2D eigenvalue weighted by atomic mass is 10.6. The maximum Gasteiger partial charge on any atom is 0.321 e. The second kappa shape index (κ2) is 11.3. The molecule has 142 valence electrons. The summed E-state index contributed by atoms with van der Waals surface area (Å²) in [5.74, 6) is 0.528. The Morgan fingerprint density at radius 1 is 0.808 bits per heavy atom. The van der Waals surface area contributed by atoms with Gasteiger partial charge in [0.15, 0.2) is 0 Å². The van der Waals surface area contributed by atoms with Crippen molar-refractivity contribution in [3.8, 4) is 0 Å². The van der Waals surface area contributed by atoms with Crippen LogP contribution in [-0.4, -0.2) is 81.9 Å². The lowest BCUT2D eigenvalue weighted by molar-refractivity contribution is 0.0512. The number of carbonyl (C=O) groups excluding carboxylic acids is 2. The smallest absolute Gasteiger partial charge is 0.321 e. The van der Waals surface area contributed by atoms with Crippen LogP contribution < -0.4 is 21.3 Å². The number of aromatic nitrogens is 6. The average molecular weight is 368 g/mol. The maximum absolute atomic E-state index is 11.4. The Labute approximate surface area is 147 Å². The molecule has 0 aliphatic heterocycles. The van der Waals surface area contributed by atoms with E-state index in [1.807, 2.05) is 0 Å². The fraction of sp³-hybridized carbons (Fsp3) is 0.500. The van der Waals surface area contributed by atoms with Crippen LogP contribution in [0.25, 0.3) is 0 Å². The van der Waals surface area contributed by atoms with Crippen LogP contribution in [0.3, 0.4) is 0 Å².